The van der Waals surface area contributed by atoms with E-state index in [4.69, 9.17) is 4.74 Å². The van der Waals surface area contributed by atoms with E-state index in [1.165, 1.54) is 12.8 Å². The van der Waals surface area contributed by atoms with Gasteiger partial charge in [-0.25, -0.2) is 4.79 Å². The number of hydrogen-bond acceptors (Lipinski definition) is 5. The van der Waals surface area contributed by atoms with Gasteiger partial charge in [-0.1, -0.05) is 12.1 Å². The van der Waals surface area contributed by atoms with Crippen molar-refractivity contribution in [3.05, 3.63) is 58.3 Å². The Labute approximate surface area is 196 Å². The van der Waals surface area contributed by atoms with Crippen LogP contribution in [-0.4, -0.2) is 55.9 Å². The molecule has 1 saturated heterocycles. The Kier molecular flexibility index (Phi) is 3.38. The number of ether oxygens (including phenoxy) is 1. The van der Waals surface area contributed by atoms with E-state index in [1.54, 1.807) is 18.2 Å². The monoisotopic (exact) mass is 458 g/mol. The Balaban J connectivity index is 1.39. The topological polar surface area (TPSA) is 106 Å². The second-order valence-corrected chi connectivity index (χ2v) is 11.0. The van der Waals surface area contributed by atoms with Gasteiger partial charge in [-0.3, -0.25) is 4.90 Å². The number of aromatic hydroxyl groups is 1. The number of aromatic carboxylic acids is 1. The zero-order valence-electron chi connectivity index (χ0n) is 18.7. The molecule has 2 aromatic carbocycles. The van der Waals surface area contributed by atoms with Gasteiger partial charge in [0, 0.05) is 35.5 Å². The SMILES string of the molecule is O=C(O)c1ccc2c3c([nH]c2c1)C1Oc2c(O)ccc4c2C12CCN(CC1CC1)C(C4)C2(O)C3. The molecule has 0 radical (unpaired) electrons. The van der Waals surface area contributed by atoms with E-state index in [0.717, 1.165) is 65.1 Å². The molecule has 1 aromatic heterocycles. The largest absolute Gasteiger partial charge is 0.504 e. The van der Waals surface area contributed by atoms with E-state index in [-0.39, 0.29) is 17.4 Å². The number of nitrogens with zero attached hydrogens (tertiary/aromatic N) is 1. The van der Waals surface area contributed by atoms with Crippen LogP contribution in [0.2, 0.25) is 0 Å². The predicted octanol–water partition coefficient (Wildman–Crippen LogP) is 3.27. The van der Waals surface area contributed by atoms with Crippen LogP contribution in [0, 0.1) is 5.92 Å². The summed E-state index contributed by atoms with van der Waals surface area (Å²) < 4.78 is 6.56. The third-order valence-electron chi connectivity index (χ3n) is 9.41. The van der Waals surface area contributed by atoms with Crippen LogP contribution in [0.25, 0.3) is 10.9 Å². The van der Waals surface area contributed by atoms with Crippen LogP contribution >= 0.6 is 0 Å². The maximum Gasteiger partial charge on any atom is 0.335 e. The number of likely N-dealkylation sites (tertiary alicyclic amines) is 1. The summed E-state index contributed by atoms with van der Waals surface area (Å²) in [7, 11) is 0. The van der Waals surface area contributed by atoms with Crippen LogP contribution in [0.3, 0.4) is 0 Å². The molecule has 2 aliphatic heterocycles. The number of piperidine rings is 1. The number of aromatic amines is 1. The summed E-state index contributed by atoms with van der Waals surface area (Å²) in [6.45, 7) is 1.92. The molecule has 3 aromatic rings. The molecule has 4 atom stereocenters. The molecular formula is C27H26N2O5. The Morgan fingerprint density at radius 2 is 2.09 bits per heavy atom. The van der Waals surface area contributed by atoms with Crippen molar-refractivity contribution in [2.75, 3.05) is 13.1 Å². The highest BCUT2D eigenvalue weighted by Crippen LogP contribution is 2.69. The third-order valence-corrected chi connectivity index (χ3v) is 9.41. The van der Waals surface area contributed by atoms with Gasteiger partial charge in [-0.2, -0.15) is 0 Å². The Morgan fingerprint density at radius 1 is 1.24 bits per heavy atom. The van der Waals surface area contributed by atoms with Crippen LogP contribution in [0.15, 0.2) is 30.3 Å². The zero-order valence-corrected chi connectivity index (χ0v) is 18.7. The smallest absolute Gasteiger partial charge is 0.335 e. The summed E-state index contributed by atoms with van der Waals surface area (Å²) in [4.78, 5) is 17.6. The van der Waals surface area contributed by atoms with Gasteiger partial charge in [-0.15, -0.1) is 0 Å². The normalized spacial score (nSPS) is 32.9. The predicted molar refractivity (Wildman–Crippen MR) is 123 cm³/mol. The van der Waals surface area contributed by atoms with E-state index >= 15 is 0 Å². The number of hydrogen-bond donors (Lipinski definition) is 4. The molecule has 0 amide bonds. The highest BCUT2D eigenvalue weighted by atomic mass is 16.5. The van der Waals surface area contributed by atoms with Gasteiger partial charge in [0.25, 0.3) is 0 Å². The second kappa shape index (κ2) is 5.96. The Hall–Kier alpha value is -3.03. The van der Waals surface area contributed by atoms with Crippen LogP contribution in [-0.2, 0) is 18.3 Å². The minimum absolute atomic E-state index is 0.0210. The van der Waals surface area contributed by atoms with Gasteiger partial charge >= 0.3 is 5.97 Å². The van der Waals surface area contributed by atoms with Crippen molar-refractivity contribution in [2.45, 2.75) is 55.3 Å². The molecule has 34 heavy (non-hydrogen) atoms. The van der Waals surface area contributed by atoms with E-state index in [1.807, 2.05) is 12.1 Å². The molecule has 5 aliphatic rings. The molecule has 174 valence electrons. The van der Waals surface area contributed by atoms with Gasteiger partial charge in [0.2, 0.25) is 0 Å². The molecule has 1 saturated carbocycles. The number of nitrogens with one attached hydrogen (secondary N) is 1. The average molecular weight is 459 g/mol. The number of benzene rings is 2. The first-order valence-corrected chi connectivity index (χ1v) is 12.3. The summed E-state index contributed by atoms with van der Waals surface area (Å²) in [6, 6.07) is 8.85. The lowest BCUT2D eigenvalue weighted by atomic mass is 9.49. The van der Waals surface area contributed by atoms with Crippen molar-refractivity contribution in [2.24, 2.45) is 5.92 Å². The number of carbonyl (C=O) groups is 1. The second-order valence-electron chi connectivity index (χ2n) is 11.0. The van der Waals surface area contributed by atoms with Crippen molar-refractivity contribution in [3.8, 4) is 11.5 Å². The fraction of sp³-hybridized carbons (Fsp3) is 0.444. The Morgan fingerprint density at radius 3 is 2.88 bits per heavy atom. The molecule has 8 rings (SSSR count). The van der Waals surface area contributed by atoms with Crippen molar-refractivity contribution in [1.82, 2.24) is 9.88 Å². The first kappa shape index (κ1) is 19.3. The van der Waals surface area contributed by atoms with Crippen LogP contribution < -0.4 is 4.74 Å². The number of aliphatic hydroxyl groups is 1. The zero-order chi connectivity index (χ0) is 23.0. The average Bonchev–Trinajstić information content (AvgIpc) is 3.45. The van der Waals surface area contributed by atoms with Crippen LogP contribution in [0.4, 0.5) is 0 Å². The van der Waals surface area contributed by atoms with Gasteiger partial charge in [-0.05, 0) is 67.5 Å². The Bertz CT molecular complexity index is 1420. The van der Waals surface area contributed by atoms with Gasteiger partial charge in [0.15, 0.2) is 17.6 Å². The van der Waals surface area contributed by atoms with Crippen LogP contribution in [0.5, 0.6) is 11.5 Å². The highest BCUT2D eigenvalue weighted by molar-refractivity contribution is 5.95. The lowest BCUT2D eigenvalue weighted by molar-refractivity contribution is -0.173. The number of phenols is 1. The first-order chi connectivity index (χ1) is 16.4. The number of carboxylic acid groups (broad SMARTS) is 1. The van der Waals surface area contributed by atoms with Crippen molar-refractivity contribution in [3.63, 3.8) is 0 Å². The van der Waals surface area contributed by atoms with Crippen LogP contribution in [0.1, 0.15) is 58.1 Å². The maximum atomic E-state index is 12.8. The van der Waals surface area contributed by atoms with Gasteiger partial charge in [0.1, 0.15) is 0 Å². The fourth-order valence-electron chi connectivity index (χ4n) is 7.76. The highest BCUT2D eigenvalue weighted by Gasteiger charge is 2.72. The van der Waals surface area contributed by atoms with E-state index < -0.39 is 23.1 Å². The number of carboxylic acids is 1. The van der Waals surface area contributed by atoms with E-state index in [9.17, 15) is 20.1 Å². The fourth-order valence-corrected chi connectivity index (χ4v) is 7.76. The van der Waals surface area contributed by atoms with Crippen molar-refractivity contribution < 1.29 is 24.9 Å². The molecule has 7 nitrogen and oxygen atoms in total. The summed E-state index contributed by atoms with van der Waals surface area (Å²) in [5.41, 5.74) is 3.36. The molecule has 2 fully saturated rings. The van der Waals surface area contributed by atoms with Gasteiger partial charge < -0.3 is 25.0 Å². The number of fused-ring (bicyclic) bond motifs is 4. The number of rotatable bonds is 3. The minimum Gasteiger partial charge on any atom is -0.504 e. The lowest BCUT2D eigenvalue weighted by Crippen LogP contribution is -2.74. The first-order valence-electron chi connectivity index (χ1n) is 12.3. The quantitative estimate of drug-likeness (QED) is 0.480. The number of aromatic nitrogens is 1. The standard InChI is InChI=1S/C27H26N2O5/c30-19-6-4-14-10-20-27(33)11-17-16-5-3-15(25(31)32)9-18(16)28-22(17)24-26(27,21(14)23(19)34-24)7-8-29(20)12-13-1-2-13/h3-6,9,13,20,24,28,30,33H,1-2,7-8,10-12H2,(H,31,32). The molecule has 4 unspecified atom stereocenters. The summed E-state index contributed by atoms with van der Waals surface area (Å²) in [5.74, 6) is 0.389. The van der Waals surface area contributed by atoms with Crippen molar-refractivity contribution in [1.29, 1.82) is 0 Å². The molecule has 4 N–H and O–H groups in total. The maximum absolute atomic E-state index is 12.8. The summed E-state index contributed by atoms with van der Waals surface area (Å²) >= 11 is 0. The number of phenolic OH excluding ortho intramolecular Hbond substituents is 1. The molecule has 2 bridgehead atoms. The number of H-pyrrole nitrogens is 1. The molecule has 7 heteroatoms. The van der Waals surface area contributed by atoms with Gasteiger partial charge in [0.05, 0.1) is 22.3 Å². The third kappa shape index (κ3) is 2.10. The molecule has 3 aliphatic carbocycles. The minimum atomic E-state index is -1.04. The van der Waals surface area contributed by atoms with Crippen molar-refractivity contribution >= 4 is 16.9 Å². The van der Waals surface area contributed by atoms with E-state index in [0.29, 0.717) is 12.2 Å². The molecule has 3 heterocycles. The van der Waals surface area contributed by atoms with E-state index in [2.05, 4.69) is 9.88 Å². The summed E-state index contributed by atoms with van der Waals surface area (Å²) in [6.07, 6.45) is 4.07. The molecular weight excluding hydrogens is 432 g/mol. The lowest BCUT2D eigenvalue weighted by Gasteiger charge is -2.62. The molecule has 1 spiro atoms. The summed E-state index contributed by atoms with van der Waals surface area (Å²) in [5, 5.41) is 34.0.